The molecule has 8 heteroatoms. The van der Waals surface area contributed by atoms with Crippen LogP contribution >= 0.6 is 0 Å². The number of benzene rings is 4. The van der Waals surface area contributed by atoms with Gasteiger partial charge in [0, 0.05) is 35.3 Å². The Kier molecular flexibility index (Phi) is 6.82. The van der Waals surface area contributed by atoms with E-state index in [1.807, 2.05) is 70.5 Å². The van der Waals surface area contributed by atoms with E-state index in [0.29, 0.717) is 48.2 Å². The monoisotopic (exact) mass is 540 g/mol. The largest absolute Gasteiger partial charge is 0.507 e. The summed E-state index contributed by atoms with van der Waals surface area (Å²) in [7, 11) is 0. The number of carboxylic acids is 2. The average molecular weight is 541 g/mol. The molecule has 4 aromatic rings. The van der Waals surface area contributed by atoms with Crippen molar-refractivity contribution in [1.29, 1.82) is 0 Å². The highest BCUT2D eigenvalue weighted by Gasteiger charge is 2.33. The van der Waals surface area contributed by atoms with E-state index < -0.39 is 24.0 Å². The van der Waals surface area contributed by atoms with E-state index in [0.717, 1.165) is 34.4 Å². The zero-order chi connectivity index (χ0) is 28.0. The van der Waals surface area contributed by atoms with Crippen LogP contribution in [-0.2, 0) is 22.7 Å². The highest BCUT2D eigenvalue weighted by molar-refractivity contribution is 6.10. The van der Waals surface area contributed by atoms with Crippen molar-refractivity contribution in [2.75, 3.05) is 13.1 Å². The number of rotatable bonds is 7. The zero-order valence-electron chi connectivity index (χ0n) is 22.1. The fraction of sp³-hybridized carbons (Fsp3) is 0.312. The Balaban J connectivity index is 1.54. The minimum Gasteiger partial charge on any atom is -0.507 e. The van der Waals surface area contributed by atoms with Gasteiger partial charge in [-0.25, -0.2) is 0 Å². The summed E-state index contributed by atoms with van der Waals surface area (Å²) in [5, 5.41) is 46.4. The first-order valence-electron chi connectivity index (χ1n) is 13.7. The molecule has 0 unspecified atom stereocenters. The van der Waals surface area contributed by atoms with Gasteiger partial charge in [0.15, 0.2) is 0 Å². The van der Waals surface area contributed by atoms with E-state index in [2.05, 4.69) is 0 Å². The van der Waals surface area contributed by atoms with Crippen LogP contribution in [0.3, 0.4) is 0 Å². The molecule has 6 rings (SSSR count). The molecule has 206 valence electrons. The third kappa shape index (κ3) is 4.53. The second-order valence-electron chi connectivity index (χ2n) is 10.9. The van der Waals surface area contributed by atoms with Crippen molar-refractivity contribution >= 4 is 33.5 Å². The molecule has 0 aromatic heterocycles. The maximum atomic E-state index is 11.8. The first-order chi connectivity index (χ1) is 19.3. The number of nitrogens with zero attached hydrogens (tertiary/aromatic N) is 2. The number of hydrogen-bond donors (Lipinski definition) is 4. The first kappa shape index (κ1) is 26.1. The van der Waals surface area contributed by atoms with E-state index in [1.165, 1.54) is 0 Å². The summed E-state index contributed by atoms with van der Waals surface area (Å²) in [4.78, 5) is 27.4. The smallest absolute Gasteiger partial charge is 0.320 e. The summed E-state index contributed by atoms with van der Waals surface area (Å²) in [5.41, 5.74) is 2.18. The molecule has 0 bridgehead atoms. The van der Waals surface area contributed by atoms with Crippen molar-refractivity contribution in [3.8, 4) is 22.6 Å². The van der Waals surface area contributed by atoms with Gasteiger partial charge < -0.3 is 20.4 Å². The molecule has 40 heavy (non-hydrogen) atoms. The molecule has 0 amide bonds. The van der Waals surface area contributed by atoms with E-state index in [-0.39, 0.29) is 24.6 Å². The SMILES string of the molecule is O=C(O)[C@@H]1CCCN1Cc1cc2ccccc2c(-c2c(O)c(CN3CCC[C@H]3C(=O)O)cc3ccccc23)c1O. The molecule has 2 fully saturated rings. The van der Waals surface area contributed by atoms with Gasteiger partial charge in [-0.05, 0) is 72.5 Å². The van der Waals surface area contributed by atoms with Gasteiger partial charge in [-0.2, -0.15) is 0 Å². The van der Waals surface area contributed by atoms with Crippen LogP contribution < -0.4 is 0 Å². The third-order valence-corrected chi connectivity index (χ3v) is 8.50. The van der Waals surface area contributed by atoms with Gasteiger partial charge in [0.1, 0.15) is 23.6 Å². The molecule has 0 saturated carbocycles. The average Bonchev–Trinajstić information content (AvgIpc) is 3.60. The topological polar surface area (TPSA) is 122 Å². The molecule has 0 aliphatic carbocycles. The Morgan fingerprint density at radius 2 is 1.07 bits per heavy atom. The molecule has 2 aliphatic rings. The molecule has 8 nitrogen and oxygen atoms in total. The van der Waals surface area contributed by atoms with Crippen molar-refractivity contribution in [3.05, 3.63) is 71.8 Å². The molecule has 4 aromatic carbocycles. The standard InChI is InChI=1S/C32H32N2O6/c35-29-21(17-33-13-5-11-25(33)31(37)38)15-19-7-1-3-9-23(19)27(29)28-24-10-4-2-8-20(24)16-22(30(28)36)18-34-14-6-12-26(34)32(39)40/h1-4,7-10,15-16,25-26,35-36H,5-6,11-14,17-18H2,(H,37,38)(H,39,40)/t25-,26-/m0/s1. The van der Waals surface area contributed by atoms with Crippen LogP contribution in [0.25, 0.3) is 32.7 Å². The minimum absolute atomic E-state index is 0.0110. The lowest BCUT2D eigenvalue weighted by molar-refractivity contribution is -0.143. The predicted octanol–water partition coefficient (Wildman–Crippen LogP) is 5.17. The summed E-state index contributed by atoms with van der Waals surface area (Å²) >= 11 is 0. The number of fused-ring (bicyclic) bond motifs is 2. The molecule has 0 spiro atoms. The quantitative estimate of drug-likeness (QED) is 0.253. The van der Waals surface area contributed by atoms with Gasteiger partial charge in [0.2, 0.25) is 0 Å². The van der Waals surface area contributed by atoms with Crippen LogP contribution in [0.1, 0.15) is 36.8 Å². The Labute approximate surface area is 231 Å². The molecule has 0 radical (unpaired) electrons. The second kappa shape index (κ2) is 10.4. The fourth-order valence-electron chi connectivity index (χ4n) is 6.56. The summed E-state index contributed by atoms with van der Waals surface area (Å²) in [6.07, 6.45) is 2.69. The van der Waals surface area contributed by atoms with Crippen molar-refractivity contribution < 1.29 is 30.0 Å². The first-order valence-corrected chi connectivity index (χ1v) is 13.7. The summed E-state index contributed by atoms with van der Waals surface area (Å²) in [6, 6.07) is 17.9. The molecular formula is C32H32N2O6. The molecular weight excluding hydrogens is 508 g/mol. The number of likely N-dealkylation sites (tertiary alicyclic amines) is 2. The summed E-state index contributed by atoms with van der Waals surface area (Å²) in [6.45, 7) is 1.80. The van der Waals surface area contributed by atoms with Crippen molar-refractivity contribution in [2.24, 2.45) is 0 Å². The number of phenolic OH excluding ortho intramolecular Hbond substituents is 2. The zero-order valence-corrected chi connectivity index (χ0v) is 22.1. The molecule has 2 aliphatic heterocycles. The van der Waals surface area contributed by atoms with Crippen molar-refractivity contribution in [3.63, 3.8) is 0 Å². The Hall–Kier alpha value is -4.14. The van der Waals surface area contributed by atoms with Crippen LogP contribution in [0.5, 0.6) is 11.5 Å². The van der Waals surface area contributed by atoms with Gasteiger partial charge in [0.05, 0.1) is 0 Å². The molecule has 2 heterocycles. The van der Waals surface area contributed by atoms with Gasteiger partial charge in [-0.15, -0.1) is 0 Å². The number of aromatic hydroxyl groups is 2. The van der Waals surface area contributed by atoms with Gasteiger partial charge in [-0.1, -0.05) is 48.5 Å². The van der Waals surface area contributed by atoms with Gasteiger partial charge in [0.25, 0.3) is 0 Å². The Morgan fingerprint density at radius 1 is 0.675 bits per heavy atom. The lowest BCUT2D eigenvalue weighted by Crippen LogP contribution is -2.35. The van der Waals surface area contributed by atoms with Crippen molar-refractivity contribution in [2.45, 2.75) is 50.9 Å². The number of aliphatic carboxylic acids is 2. The van der Waals surface area contributed by atoms with Crippen LogP contribution in [0, 0.1) is 0 Å². The fourth-order valence-corrected chi connectivity index (χ4v) is 6.56. The minimum atomic E-state index is -0.865. The lowest BCUT2D eigenvalue weighted by Gasteiger charge is -2.25. The third-order valence-electron chi connectivity index (χ3n) is 8.50. The summed E-state index contributed by atoms with van der Waals surface area (Å²) < 4.78 is 0. The number of phenols is 2. The normalized spacial score (nSPS) is 20.0. The van der Waals surface area contributed by atoms with Crippen LogP contribution in [0.4, 0.5) is 0 Å². The summed E-state index contributed by atoms with van der Waals surface area (Å²) in [5.74, 6) is -1.71. The Bertz CT molecular complexity index is 1510. The van der Waals surface area contributed by atoms with E-state index in [1.54, 1.807) is 0 Å². The second-order valence-corrected chi connectivity index (χ2v) is 10.9. The van der Waals surface area contributed by atoms with Gasteiger partial charge >= 0.3 is 11.9 Å². The van der Waals surface area contributed by atoms with Gasteiger partial charge in [-0.3, -0.25) is 19.4 Å². The van der Waals surface area contributed by atoms with Crippen LogP contribution in [-0.4, -0.2) is 67.3 Å². The number of hydrogen-bond acceptors (Lipinski definition) is 6. The highest BCUT2D eigenvalue weighted by atomic mass is 16.4. The van der Waals surface area contributed by atoms with Crippen LogP contribution in [0.2, 0.25) is 0 Å². The highest BCUT2D eigenvalue weighted by Crippen LogP contribution is 2.48. The van der Waals surface area contributed by atoms with E-state index in [9.17, 15) is 30.0 Å². The molecule has 2 saturated heterocycles. The van der Waals surface area contributed by atoms with E-state index >= 15 is 0 Å². The maximum absolute atomic E-state index is 11.8. The van der Waals surface area contributed by atoms with E-state index in [4.69, 9.17) is 0 Å². The predicted molar refractivity (Wildman–Crippen MR) is 152 cm³/mol. The number of carboxylic acid groups (broad SMARTS) is 2. The number of carbonyl (C=O) groups is 2. The van der Waals surface area contributed by atoms with Crippen LogP contribution in [0.15, 0.2) is 60.7 Å². The lowest BCUT2D eigenvalue weighted by atomic mass is 9.88. The molecule has 4 N–H and O–H groups in total. The maximum Gasteiger partial charge on any atom is 0.320 e. The van der Waals surface area contributed by atoms with Crippen molar-refractivity contribution in [1.82, 2.24) is 9.80 Å². The molecule has 2 atom stereocenters. The Morgan fingerprint density at radius 3 is 1.48 bits per heavy atom.